The average Bonchev–Trinajstić information content (AvgIpc) is 3.17. The molecule has 0 aliphatic carbocycles. The zero-order valence-electron chi connectivity index (χ0n) is 16.0. The Morgan fingerprint density at radius 3 is 2.77 bits per heavy atom. The monoisotopic (exact) mass is 365 g/mol. The van der Waals surface area contributed by atoms with Gasteiger partial charge >= 0.3 is 12.1 Å². The molecule has 1 amide bonds. The van der Waals surface area contributed by atoms with Crippen LogP contribution in [-0.4, -0.2) is 58.6 Å². The largest absolute Gasteiger partial charge is 0.477 e. The summed E-state index contributed by atoms with van der Waals surface area (Å²) in [4.78, 5) is 25.6. The Kier molecular flexibility index (Phi) is 6.28. The van der Waals surface area contributed by atoms with Gasteiger partial charge < -0.3 is 14.2 Å². The molecule has 0 aromatic carbocycles. The van der Waals surface area contributed by atoms with Crippen LogP contribution in [0.2, 0.25) is 0 Å². The summed E-state index contributed by atoms with van der Waals surface area (Å²) in [6, 6.07) is 0. The van der Waals surface area contributed by atoms with Gasteiger partial charge in [0.05, 0.1) is 31.5 Å². The van der Waals surface area contributed by atoms with E-state index in [1.807, 2.05) is 33.8 Å². The molecule has 0 saturated carbocycles. The SMILES string of the molecule is CCOC(=O)c1cnn(/C=C/C(C)(C)N2CCOC2=O)c1OCC(C)C. The molecular weight excluding hydrogens is 338 g/mol. The van der Waals surface area contributed by atoms with E-state index in [0.717, 1.165) is 0 Å². The summed E-state index contributed by atoms with van der Waals surface area (Å²) in [7, 11) is 0. The van der Waals surface area contributed by atoms with Crippen molar-refractivity contribution >= 4 is 18.3 Å². The van der Waals surface area contributed by atoms with E-state index in [1.165, 1.54) is 10.9 Å². The Labute approximate surface area is 153 Å². The van der Waals surface area contributed by atoms with Crippen LogP contribution in [0.3, 0.4) is 0 Å². The number of rotatable bonds is 8. The van der Waals surface area contributed by atoms with E-state index in [4.69, 9.17) is 14.2 Å². The van der Waals surface area contributed by atoms with Crippen molar-refractivity contribution in [3.8, 4) is 5.88 Å². The summed E-state index contributed by atoms with van der Waals surface area (Å²) in [5.41, 5.74) is -0.297. The van der Waals surface area contributed by atoms with Gasteiger partial charge in [0.2, 0.25) is 5.88 Å². The van der Waals surface area contributed by atoms with E-state index < -0.39 is 11.5 Å². The Morgan fingerprint density at radius 1 is 1.46 bits per heavy atom. The van der Waals surface area contributed by atoms with Gasteiger partial charge in [0.25, 0.3) is 0 Å². The molecule has 1 saturated heterocycles. The van der Waals surface area contributed by atoms with Gasteiger partial charge in [-0.3, -0.25) is 4.90 Å². The first-order chi connectivity index (χ1) is 12.3. The quantitative estimate of drug-likeness (QED) is 0.659. The van der Waals surface area contributed by atoms with Crippen LogP contribution in [0, 0.1) is 5.92 Å². The summed E-state index contributed by atoms with van der Waals surface area (Å²) in [6.45, 7) is 11.2. The lowest BCUT2D eigenvalue weighted by Crippen LogP contribution is -2.42. The second-order valence-electron chi connectivity index (χ2n) is 6.97. The summed E-state index contributed by atoms with van der Waals surface area (Å²) < 4.78 is 17.3. The summed E-state index contributed by atoms with van der Waals surface area (Å²) >= 11 is 0. The predicted octanol–water partition coefficient (Wildman–Crippen LogP) is 2.80. The first-order valence-corrected chi connectivity index (χ1v) is 8.77. The maximum absolute atomic E-state index is 12.1. The molecule has 144 valence electrons. The molecule has 1 aliphatic heterocycles. The van der Waals surface area contributed by atoms with Crippen molar-refractivity contribution in [1.82, 2.24) is 14.7 Å². The molecule has 0 spiro atoms. The van der Waals surface area contributed by atoms with Crippen LogP contribution in [0.4, 0.5) is 4.79 Å². The number of amides is 1. The Hall–Kier alpha value is -2.51. The number of aromatic nitrogens is 2. The van der Waals surface area contributed by atoms with Gasteiger partial charge in [-0.25, -0.2) is 14.3 Å². The van der Waals surface area contributed by atoms with Gasteiger partial charge in [0.1, 0.15) is 12.2 Å². The van der Waals surface area contributed by atoms with E-state index in [-0.39, 0.29) is 24.2 Å². The summed E-state index contributed by atoms with van der Waals surface area (Å²) in [6.07, 6.45) is 4.59. The lowest BCUT2D eigenvalue weighted by atomic mass is 10.0. The molecule has 1 aromatic rings. The van der Waals surface area contributed by atoms with Crippen molar-refractivity contribution in [2.24, 2.45) is 5.92 Å². The highest BCUT2D eigenvalue weighted by Gasteiger charge is 2.34. The van der Waals surface area contributed by atoms with E-state index in [0.29, 0.717) is 25.6 Å². The molecule has 0 radical (unpaired) electrons. The number of esters is 1. The Morgan fingerprint density at radius 2 is 2.19 bits per heavy atom. The average molecular weight is 365 g/mol. The Balaban J connectivity index is 2.26. The van der Waals surface area contributed by atoms with Crippen LogP contribution in [0.1, 0.15) is 45.0 Å². The minimum atomic E-state index is -0.570. The maximum atomic E-state index is 12.1. The number of carbonyl (C=O) groups is 2. The van der Waals surface area contributed by atoms with Crippen molar-refractivity contribution in [3.63, 3.8) is 0 Å². The topological polar surface area (TPSA) is 82.9 Å². The molecule has 0 unspecified atom stereocenters. The molecule has 1 aromatic heterocycles. The third-order valence-corrected chi connectivity index (χ3v) is 3.88. The molecule has 0 N–H and O–H groups in total. The van der Waals surface area contributed by atoms with E-state index in [9.17, 15) is 9.59 Å². The predicted molar refractivity (Wildman–Crippen MR) is 96.0 cm³/mol. The van der Waals surface area contributed by atoms with Crippen molar-refractivity contribution in [2.75, 3.05) is 26.4 Å². The lowest BCUT2D eigenvalue weighted by Gasteiger charge is -2.30. The van der Waals surface area contributed by atoms with Gasteiger partial charge in [-0.2, -0.15) is 5.10 Å². The summed E-state index contributed by atoms with van der Waals surface area (Å²) in [5.74, 6) is 0.134. The van der Waals surface area contributed by atoms with Crippen molar-refractivity contribution in [2.45, 2.75) is 40.2 Å². The van der Waals surface area contributed by atoms with Crippen LogP contribution in [-0.2, 0) is 9.47 Å². The normalized spacial score (nSPS) is 15.0. The number of ether oxygens (including phenoxy) is 3. The zero-order chi connectivity index (χ0) is 19.3. The fourth-order valence-corrected chi connectivity index (χ4v) is 2.46. The minimum absolute atomic E-state index is 0.271. The third kappa shape index (κ3) is 4.56. The zero-order valence-corrected chi connectivity index (χ0v) is 16.0. The van der Waals surface area contributed by atoms with Gasteiger partial charge in [0, 0.05) is 6.20 Å². The highest BCUT2D eigenvalue weighted by Crippen LogP contribution is 2.24. The highest BCUT2D eigenvalue weighted by atomic mass is 16.6. The van der Waals surface area contributed by atoms with E-state index >= 15 is 0 Å². The number of hydrogen-bond acceptors (Lipinski definition) is 6. The molecule has 1 fully saturated rings. The molecular formula is C18H27N3O5. The van der Waals surface area contributed by atoms with E-state index in [1.54, 1.807) is 18.0 Å². The van der Waals surface area contributed by atoms with Gasteiger partial charge in [0.15, 0.2) is 0 Å². The van der Waals surface area contributed by atoms with Gasteiger partial charge in [-0.05, 0) is 32.8 Å². The second-order valence-corrected chi connectivity index (χ2v) is 6.97. The third-order valence-electron chi connectivity index (χ3n) is 3.88. The molecule has 8 heteroatoms. The molecule has 2 rings (SSSR count). The minimum Gasteiger partial charge on any atom is -0.477 e. The van der Waals surface area contributed by atoms with Crippen molar-refractivity contribution < 1.29 is 23.8 Å². The number of hydrogen-bond donors (Lipinski definition) is 0. The number of carbonyl (C=O) groups excluding carboxylic acids is 2. The molecule has 8 nitrogen and oxygen atoms in total. The molecule has 2 heterocycles. The first kappa shape index (κ1) is 19.8. The van der Waals surface area contributed by atoms with Crippen molar-refractivity contribution in [1.29, 1.82) is 0 Å². The molecule has 1 aliphatic rings. The van der Waals surface area contributed by atoms with E-state index in [2.05, 4.69) is 5.10 Å². The standard InChI is InChI=1S/C18H27N3O5/c1-6-24-16(22)14-11-19-21(15(14)26-12-13(2)3)8-7-18(4,5)20-9-10-25-17(20)23/h7-8,11,13H,6,9-10,12H2,1-5H3/b8-7+. The molecule has 0 bridgehead atoms. The second kappa shape index (κ2) is 8.25. The number of cyclic esters (lactones) is 1. The Bertz CT molecular complexity index is 678. The number of nitrogens with zero attached hydrogens (tertiary/aromatic N) is 3. The first-order valence-electron chi connectivity index (χ1n) is 8.77. The van der Waals surface area contributed by atoms with Crippen LogP contribution < -0.4 is 4.74 Å². The van der Waals surface area contributed by atoms with Crippen molar-refractivity contribution in [3.05, 3.63) is 17.8 Å². The highest BCUT2D eigenvalue weighted by molar-refractivity contribution is 5.92. The summed E-state index contributed by atoms with van der Waals surface area (Å²) in [5, 5.41) is 4.22. The molecule has 0 atom stereocenters. The van der Waals surface area contributed by atoms with Crippen LogP contribution >= 0.6 is 0 Å². The van der Waals surface area contributed by atoms with Crippen LogP contribution in [0.25, 0.3) is 6.20 Å². The smallest absolute Gasteiger partial charge is 0.410 e. The lowest BCUT2D eigenvalue weighted by molar-refractivity contribution is 0.0520. The van der Waals surface area contributed by atoms with Crippen LogP contribution in [0.15, 0.2) is 12.3 Å². The fraction of sp³-hybridized carbons (Fsp3) is 0.611. The molecule has 26 heavy (non-hydrogen) atoms. The fourth-order valence-electron chi connectivity index (χ4n) is 2.46. The van der Waals surface area contributed by atoms with Gasteiger partial charge in [-0.15, -0.1) is 0 Å². The maximum Gasteiger partial charge on any atom is 0.410 e. The van der Waals surface area contributed by atoms with Crippen LogP contribution in [0.5, 0.6) is 5.88 Å². The van der Waals surface area contributed by atoms with Gasteiger partial charge in [-0.1, -0.05) is 13.8 Å².